The molecule has 1 aliphatic rings. The molecule has 0 saturated carbocycles. The van der Waals surface area contributed by atoms with E-state index in [1.165, 1.54) is 16.3 Å². The number of phenolic OH excluding ortho intramolecular Hbond substituents is 1. The van der Waals surface area contributed by atoms with Gasteiger partial charge < -0.3 is 15.6 Å². The van der Waals surface area contributed by atoms with Crippen LogP contribution in [0.2, 0.25) is 5.02 Å². The fourth-order valence-corrected chi connectivity index (χ4v) is 9.05. The Labute approximate surface area is 333 Å². The van der Waals surface area contributed by atoms with E-state index < -0.39 is 21.6 Å². The smallest absolute Gasteiger partial charge is 0.229 e. The average molecular weight is 817 g/mol. The van der Waals surface area contributed by atoms with Crippen LogP contribution in [0.15, 0.2) is 115 Å². The number of benzene rings is 6. The summed E-state index contributed by atoms with van der Waals surface area (Å²) in [5.74, 6) is -0.898. The van der Waals surface area contributed by atoms with E-state index in [4.69, 9.17) is 32.0 Å². The Kier molecular flexibility index (Phi) is 9.54. The number of rotatable bonds is 6. The summed E-state index contributed by atoms with van der Waals surface area (Å²) in [7, 11) is -3.29. The second-order valence-electron chi connectivity index (χ2n) is 12.9. The summed E-state index contributed by atoms with van der Waals surface area (Å²) in [5, 5.41) is 12.6. The van der Waals surface area contributed by atoms with Crippen LogP contribution in [-0.4, -0.2) is 41.3 Å². The molecule has 10 nitrogen and oxygen atoms in total. The lowest BCUT2D eigenvalue weighted by Gasteiger charge is -2.21. The third kappa shape index (κ3) is 7.20. The molecule has 0 bridgehead atoms. The maximum atomic E-state index is 12.9. The maximum absolute atomic E-state index is 12.9. The van der Waals surface area contributed by atoms with E-state index in [1.807, 2.05) is 18.2 Å². The predicted octanol–water partition coefficient (Wildman–Crippen LogP) is 10.1. The monoisotopic (exact) mass is 816 g/mol. The van der Waals surface area contributed by atoms with Crippen LogP contribution in [0.4, 0.5) is 11.4 Å². The number of hydrogen-bond donors (Lipinski definition) is 3. The fourth-order valence-electron chi connectivity index (χ4n) is 6.24. The van der Waals surface area contributed by atoms with Crippen LogP contribution in [0.3, 0.4) is 0 Å². The summed E-state index contributed by atoms with van der Waals surface area (Å²) in [6, 6.07) is 34.2. The van der Waals surface area contributed by atoms with Gasteiger partial charge in [0, 0.05) is 34.0 Å². The second-order valence-corrected chi connectivity index (χ2v) is 17.2. The quantitative estimate of drug-likeness (QED) is 0.110. The van der Waals surface area contributed by atoms with Crippen LogP contribution in [0.5, 0.6) is 17.2 Å². The molecule has 1 aliphatic carbocycles. The Bertz CT molecular complexity index is 3000. The minimum absolute atomic E-state index is 0.0226. The summed E-state index contributed by atoms with van der Waals surface area (Å²) >= 11 is 9.39. The van der Waals surface area contributed by atoms with Gasteiger partial charge in [0.05, 0.1) is 48.5 Å². The first kappa shape index (κ1) is 36.8. The number of ether oxygens (including phenoxy) is 1. The lowest BCUT2D eigenvalue weighted by molar-refractivity contribution is 0.0977. The number of fused-ring (bicyclic) bond motifs is 4. The van der Waals surface area contributed by atoms with E-state index in [0.717, 1.165) is 43.1 Å². The molecule has 0 unspecified atom stereocenters. The summed E-state index contributed by atoms with van der Waals surface area (Å²) in [6.45, 7) is 2.09. The van der Waals surface area contributed by atoms with Crippen molar-refractivity contribution in [1.82, 2.24) is 9.97 Å². The van der Waals surface area contributed by atoms with E-state index >= 15 is 0 Å². The lowest BCUT2D eigenvalue weighted by Crippen LogP contribution is -2.22. The lowest BCUT2D eigenvalue weighted by atomic mass is 9.82. The summed E-state index contributed by atoms with van der Waals surface area (Å²) < 4.78 is 33.2. The number of aryl methyl sites for hydroxylation is 1. The van der Waals surface area contributed by atoms with Crippen molar-refractivity contribution in [2.75, 3.05) is 16.7 Å². The summed E-state index contributed by atoms with van der Waals surface area (Å²) in [5.41, 5.74) is 12.2. The molecule has 0 atom stereocenters. The molecule has 0 saturated heterocycles. The molecule has 2 aromatic heterocycles. The number of carbonyl (C=O) groups is 2. The summed E-state index contributed by atoms with van der Waals surface area (Å²) in [4.78, 5) is 35.1. The molecular weight excluding hydrogens is 788 g/mol. The first-order valence-corrected chi connectivity index (χ1v) is 20.9. The zero-order chi connectivity index (χ0) is 39.3. The molecular formula is C42H29ClN4O6S3. The zero-order valence-electron chi connectivity index (χ0n) is 29.5. The second kappa shape index (κ2) is 14.5. The largest absolute Gasteiger partial charge is 0.507 e. The standard InChI is InChI=1S/C22H17N3O2S3.C20H12ClNO4/c1-13-3-9-17-19(11-13)28-22(24-17)15-6-10-18-20(12-15)29-21(23-18)14-4-7-16(8-5-14)25-30(2,26)27;21-12-7-3-4-8-14(12)26-15-9-13(23)16-17(18(15)22)20(25)11-6-2-1-5-10(11)19(16)24/h3-12,25H,1-2H3;1-9,23H,22H2. The number of para-hydroxylation sites is 1. The van der Waals surface area contributed by atoms with Crippen molar-refractivity contribution in [3.63, 3.8) is 0 Å². The number of phenols is 1. The van der Waals surface area contributed by atoms with Crippen LogP contribution >= 0.6 is 34.3 Å². The Morgan fingerprint density at radius 1 is 0.714 bits per heavy atom. The number of halogens is 1. The number of sulfonamides is 1. The summed E-state index contributed by atoms with van der Waals surface area (Å²) in [6.07, 6.45) is 1.14. The van der Waals surface area contributed by atoms with E-state index in [0.29, 0.717) is 16.5 Å². The highest BCUT2D eigenvalue weighted by Gasteiger charge is 2.35. The fraction of sp³-hybridized carbons (Fsp3) is 0.0476. The molecule has 56 heavy (non-hydrogen) atoms. The van der Waals surface area contributed by atoms with Gasteiger partial charge in [0.25, 0.3) is 0 Å². The topological polar surface area (TPSA) is 162 Å². The number of carbonyl (C=O) groups excluding carboxylic acids is 2. The average Bonchev–Trinajstić information content (AvgIpc) is 3.80. The first-order chi connectivity index (χ1) is 26.8. The SMILES string of the molecule is Cc1ccc2nc(-c3ccc4nc(-c5ccc(NS(C)(=O)=O)cc5)sc4c3)sc2c1.Nc1c(Oc2ccccc2Cl)cc(O)c2c1C(=O)c1ccccc1C2=O. The molecule has 8 aromatic rings. The number of nitrogens with zero attached hydrogens (tertiary/aromatic N) is 2. The van der Waals surface area contributed by atoms with Gasteiger partial charge in [0.15, 0.2) is 17.3 Å². The van der Waals surface area contributed by atoms with Crippen LogP contribution < -0.4 is 15.2 Å². The number of ketones is 2. The molecule has 4 N–H and O–H groups in total. The van der Waals surface area contributed by atoms with E-state index in [1.54, 1.807) is 83.3 Å². The van der Waals surface area contributed by atoms with Crippen LogP contribution in [0.1, 0.15) is 37.4 Å². The highest BCUT2D eigenvalue weighted by Crippen LogP contribution is 2.43. The van der Waals surface area contributed by atoms with Crippen LogP contribution in [0.25, 0.3) is 41.6 Å². The number of hydrogen-bond acceptors (Lipinski definition) is 11. The molecule has 0 spiro atoms. The first-order valence-electron chi connectivity index (χ1n) is 17.0. The Hall–Kier alpha value is -6.12. The molecule has 2 heterocycles. The minimum atomic E-state index is -3.29. The molecule has 0 fully saturated rings. The molecule has 278 valence electrons. The van der Waals surface area contributed by atoms with Gasteiger partial charge in [-0.3, -0.25) is 14.3 Å². The predicted molar refractivity (Wildman–Crippen MR) is 224 cm³/mol. The van der Waals surface area contributed by atoms with Gasteiger partial charge in [-0.15, -0.1) is 22.7 Å². The zero-order valence-corrected chi connectivity index (χ0v) is 32.7. The van der Waals surface area contributed by atoms with Crippen molar-refractivity contribution < 1.29 is 27.9 Å². The molecule has 0 radical (unpaired) electrons. The molecule has 6 aromatic carbocycles. The number of thiazole rings is 2. The number of anilines is 2. The highest BCUT2D eigenvalue weighted by atomic mass is 35.5. The van der Waals surface area contributed by atoms with Crippen molar-refractivity contribution in [1.29, 1.82) is 0 Å². The molecule has 0 amide bonds. The van der Waals surface area contributed by atoms with Gasteiger partial charge in [-0.05, 0) is 79.2 Å². The van der Waals surface area contributed by atoms with Gasteiger partial charge in [0.2, 0.25) is 10.0 Å². The number of aromatic nitrogens is 2. The normalized spacial score (nSPS) is 12.2. The van der Waals surface area contributed by atoms with Crippen molar-refractivity contribution in [2.45, 2.75) is 6.92 Å². The van der Waals surface area contributed by atoms with Crippen molar-refractivity contribution >= 4 is 87.7 Å². The number of nitrogen functional groups attached to an aromatic ring is 1. The molecule has 9 rings (SSSR count). The Balaban J connectivity index is 0.000000159. The van der Waals surface area contributed by atoms with Gasteiger partial charge in [0.1, 0.15) is 21.5 Å². The van der Waals surface area contributed by atoms with Crippen LogP contribution in [-0.2, 0) is 10.0 Å². The van der Waals surface area contributed by atoms with Crippen molar-refractivity contribution in [3.8, 4) is 38.4 Å². The van der Waals surface area contributed by atoms with E-state index in [2.05, 4.69) is 42.0 Å². The van der Waals surface area contributed by atoms with E-state index in [9.17, 15) is 23.1 Å². The number of nitrogens with one attached hydrogen (secondary N) is 1. The van der Waals surface area contributed by atoms with Crippen LogP contribution in [0, 0.1) is 6.92 Å². The Morgan fingerprint density at radius 2 is 1.29 bits per heavy atom. The van der Waals surface area contributed by atoms with Gasteiger partial charge >= 0.3 is 0 Å². The minimum Gasteiger partial charge on any atom is -0.507 e. The van der Waals surface area contributed by atoms with Crippen molar-refractivity contribution in [2.24, 2.45) is 0 Å². The van der Waals surface area contributed by atoms with Gasteiger partial charge in [-0.1, -0.05) is 54.1 Å². The Morgan fingerprint density at radius 3 is 1.95 bits per heavy atom. The molecule has 0 aliphatic heterocycles. The highest BCUT2D eigenvalue weighted by molar-refractivity contribution is 7.92. The number of aromatic hydroxyl groups is 1. The molecule has 14 heteroatoms. The van der Waals surface area contributed by atoms with E-state index in [-0.39, 0.29) is 39.4 Å². The third-order valence-corrected chi connectivity index (χ3v) is 11.9. The van der Waals surface area contributed by atoms with Gasteiger partial charge in [-0.2, -0.15) is 0 Å². The van der Waals surface area contributed by atoms with Crippen molar-refractivity contribution in [3.05, 3.63) is 148 Å². The maximum Gasteiger partial charge on any atom is 0.229 e. The number of nitrogens with two attached hydrogens (primary N) is 1. The van der Waals surface area contributed by atoms with Gasteiger partial charge in [-0.25, -0.2) is 18.4 Å². The third-order valence-electron chi connectivity index (χ3n) is 8.85.